The molecular weight excluding hydrogens is 306 g/mol. The lowest BCUT2D eigenvalue weighted by Crippen LogP contribution is -2.53. The number of rotatable bonds is 3. The van der Waals surface area contributed by atoms with E-state index >= 15 is 0 Å². The number of piperazine rings is 1. The standard InChI is InChI=1S/C16H23N7O/c1-12(2)22-4-3-13(16(22)24)20-5-7-21(8-6-20)15-10-17-9-14-18-11-19-23(14)15/h9-13H,3-8H2,1-2H3/t13-/m1/s1. The third-order valence-electron chi connectivity index (χ3n) is 5.09. The minimum Gasteiger partial charge on any atom is -0.353 e. The van der Waals surface area contributed by atoms with Crippen LogP contribution in [0, 0.1) is 0 Å². The van der Waals surface area contributed by atoms with E-state index in [1.807, 2.05) is 15.6 Å². The van der Waals surface area contributed by atoms with Gasteiger partial charge in [0.05, 0.1) is 18.4 Å². The van der Waals surface area contributed by atoms with E-state index < -0.39 is 0 Å². The Labute approximate surface area is 141 Å². The van der Waals surface area contributed by atoms with Crippen LogP contribution in [0.15, 0.2) is 18.7 Å². The van der Waals surface area contributed by atoms with Crippen molar-refractivity contribution in [2.24, 2.45) is 0 Å². The minimum absolute atomic E-state index is 0.0508. The molecule has 4 heterocycles. The van der Waals surface area contributed by atoms with Crippen LogP contribution >= 0.6 is 0 Å². The predicted octanol–water partition coefficient (Wildman–Crippen LogP) is 0.256. The average Bonchev–Trinajstić information content (AvgIpc) is 3.21. The third kappa shape index (κ3) is 2.50. The van der Waals surface area contributed by atoms with Crippen molar-refractivity contribution in [3.63, 3.8) is 0 Å². The van der Waals surface area contributed by atoms with Crippen LogP contribution in [0.25, 0.3) is 5.65 Å². The van der Waals surface area contributed by atoms with E-state index in [-0.39, 0.29) is 6.04 Å². The van der Waals surface area contributed by atoms with Crippen LogP contribution in [0.4, 0.5) is 5.82 Å². The van der Waals surface area contributed by atoms with Crippen molar-refractivity contribution in [1.82, 2.24) is 29.4 Å². The van der Waals surface area contributed by atoms with E-state index in [4.69, 9.17) is 0 Å². The number of fused-ring (bicyclic) bond motifs is 1. The molecule has 0 N–H and O–H groups in total. The third-order valence-corrected chi connectivity index (χ3v) is 5.09. The van der Waals surface area contributed by atoms with Gasteiger partial charge in [0.25, 0.3) is 0 Å². The Morgan fingerprint density at radius 2 is 1.92 bits per heavy atom. The summed E-state index contributed by atoms with van der Waals surface area (Å²) in [4.78, 5) is 27.6. The molecule has 1 amide bonds. The first-order valence-electron chi connectivity index (χ1n) is 8.58. The first-order chi connectivity index (χ1) is 11.6. The molecule has 2 aromatic rings. The highest BCUT2D eigenvalue weighted by Crippen LogP contribution is 2.22. The van der Waals surface area contributed by atoms with E-state index in [1.54, 1.807) is 12.5 Å². The lowest BCUT2D eigenvalue weighted by molar-refractivity contribution is -0.133. The summed E-state index contributed by atoms with van der Waals surface area (Å²) in [6.07, 6.45) is 6.04. The molecule has 2 aromatic heterocycles. The van der Waals surface area contributed by atoms with Crippen LogP contribution < -0.4 is 4.90 Å². The highest BCUT2D eigenvalue weighted by atomic mass is 16.2. The molecule has 4 rings (SSSR count). The Morgan fingerprint density at radius 1 is 1.12 bits per heavy atom. The molecule has 0 bridgehead atoms. The maximum Gasteiger partial charge on any atom is 0.240 e. The largest absolute Gasteiger partial charge is 0.353 e. The van der Waals surface area contributed by atoms with Gasteiger partial charge in [-0.05, 0) is 20.3 Å². The summed E-state index contributed by atoms with van der Waals surface area (Å²) >= 11 is 0. The van der Waals surface area contributed by atoms with Crippen LogP contribution in [0.1, 0.15) is 20.3 Å². The predicted molar refractivity (Wildman–Crippen MR) is 89.8 cm³/mol. The summed E-state index contributed by atoms with van der Waals surface area (Å²) in [5.74, 6) is 1.25. The average molecular weight is 329 g/mol. The first kappa shape index (κ1) is 15.3. The number of anilines is 1. The lowest BCUT2D eigenvalue weighted by atomic mass is 10.2. The molecule has 1 atom stereocenters. The van der Waals surface area contributed by atoms with Crippen molar-refractivity contribution >= 4 is 17.4 Å². The Hall–Kier alpha value is -2.22. The number of carbonyl (C=O) groups excluding carboxylic acids is 1. The fourth-order valence-corrected chi connectivity index (χ4v) is 3.76. The normalized spacial score (nSPS) is 23.0. The topological polar surface area (TPSA) is 69.9 Å². The molecule has 0 aromatic carbocycles. The van der Waals surface area contributed by atoms with Crippen molar-refractivity contribution in [1.29, 1.82) is 0 Å². The van der Waals surface area contributed by atoms with Crippen molar-refractivity contribution in [2.75, 3.05) is 37.6 Å². The van der Waals surface area contributed by atoms with Crippen LogP contribution in [-0.2, 0) is 4.79 Å². The second kappa shape index (κ2) is 6.01. The Balaban J connectivity index is 1.44. The SMILES string of the molecule is CC(C)N1CC[C@@H](N2CCN(c3cncc4ncnn34)CC2)C1=O. The smallest absolute Gasteiger partial charge is 0.240 e. The number of aromatic nitrogens is 4. The fourth-order valence-electron chi connectivity index (χ4n) is 3.76. The van der Waals surface area contributed by atoms with Gasteiger partial charge < -0.3 is 9.80 Å². The van der Waals surface area contributed by atoms with Gasteiger partial charge in [0.1, 0.15) is 6.33 Å². The summed E-state index contributed by atoms with van der Waals surface area (Å²) in [6.45, 7) is 8.55. The van der Waals surface area contributed by atoms with Crippen molar-refractivity contribution in [3.05, 3.63) is 18.7 Å². The van der Waals surface area contributed by atoms with Crippen LogP contribution in [0.2, 0.25) is 0 Å². The zero-order valence-corrected chi connectivity index (χ0v) is 14.2. The zero-order valence-electron chi connectivity index (χ0n) is 14.2. The van der Waals surface area contributed by atoms with Gasteiger partial charge in [0.2, 0.25) is 5.91 Å². The number of likely N-dealkylation sites (tertiary alicyclic amines) is 1. The molecule has 24 heavy (non-hydrogen) atoms. The summed E-state index contributed by atoms with van der Waals surface area (Å²) in [7, 11) is 0. The molecule has 2 aliphatic rings. The highest BCUT2D eigenvalue weighted by molar-refractivity contribution is 5.84. The van der Waals surface area contributed by atoms with Gasteiger partial charge >= 0.3 is 0 Å². The molecule has 2 saturated heterocycles. The van der Waals surface area contributed by atoms with Crippen molar-refractivity contribution in [2.45, 2.75) is 32.4 Å². The maximum atomic E-state index is 12.6. The van der Waals surface area contributed by atoms with E-state index in [9.17, 15) is 4.79 Å². The Morgan fingerprint density at radius 3 is 2.62 bits per heavy atom. The summed E-state index contributed by atoms with van der Waals surface area (Å²) in [5.41, 5.74) is 0.758. The maximum absolute atomic E-state index is 12.6. The molecule has 0 saturated carbocycles. The van der Waals surface area contributed by atoms with E-state index in [1.165, 1.54) is 0 Å². The molecule has 2 aliphatic heterocycles. The van der Waals surface area contributed by atoms with Crippen LogP contribution in [0.5, 0.6) is 0 Å². The minimum atomic E-state index is 0.0508. The van der Waals surface area contributed by atoms with Gasteiger partial charge in [-0.1, -0.05) is 0 Å². The van der Waals surface area contributed by atoms with Crippen molar-refractivity contribution < 1.29 is 4.79 Å². The number of nitrogens with zero attached hydrogens (tertiary/aromatic N) is 7. The summed E-state index contributed by atoms with van der Waals surface area (Å²) < 4.78 is 1.82. The highest BCUT2D eigenvalue weighted by Gasteiger charge is 2.38. The van der Waals surface area contributed by atoms with Gasteiger partial charge in [-0.15, -0.1) is 0 Å². The molecule has 0 aliphatic carbocycles. The molecule has 128 valence electrons. The van der Waals surface area contributed by atoms with Gasteiger partial charge in [-0.25, -0.2) is 4.98 Å². The van der Waals surface area contributed by atoms with E-state index in [0.29, 0.717) is 11.9 Å². The van der Waals surface area contributed by atoms with Gasteiger partial charge in [-0.3, -0.25) is 14.7 Å². The Kier molecular flexibility index (Phi) is 3.84. The summed E-state index contributed by atoms with van der Waals surface area (Å²) in [5, 5.41) is 4.28. The van der Waals surface area contributed by atoms with Crippen LogP contribution in [0.3, 0.4) is 0 Å². The van der Waals surface area contributed by atoms with Crippen molar-refractivity contribution in [3.8, 4) is 0 Å². The molecule has 0 radical (unpaired) electrons. The molecule has 8 heteroatoms. The monoisotopic (exact) mass is 329 g/mol. The second-order valence-corrected chi connectivity index (χ2v) is 6.75. The molecule has 8 nitrogen and oxygen atoms in total. The number of hydrogen-bond acceptors (Lipinski definition) is 6. The number of carbonyl (C=O) groups is 1. The zero-order chi connectivity index (χ0) is 16.7. The van der Waals surface area contributed by atoms with Gasteiger partial charge in [0, 0.05) is 38.8 Å². The molecular formula is C16H23N7O. The van der Waals surface area contributed by atoms with Gasteiger partial charge in [0.15, 0.2) is 11.5 Å². The first-order valence-corrected chi connectivity index (χ1v) is 8.58. The Bertz CT molecular complexity index is 735. The lowest BCUT2D eigenvalue weighted by Gasteiger charge is -2.38. The molecule has 2 fully saturated rings. The summed E-state index contributed by atoms with van der Waals surface area (Å²) in [6, 6.07) is 0.342. The second-order valence-electron chi connectivity index (χ2n) is 6.75. The fraction of sp³-hybridized carbons (Fsp3) is 0.625. The number of hydrogen-bond donors (Lipinski definition) is 0. The van der Waals surface area contributed by atoms with E-state index in [0.717, 1.165) is 50.6 Å². The van der Waals surface area contributed by atoms with E-state index in [2.05, 4.69) is 38.7 Å². The molecule has 0 spiro atoms. The van der Waals surface area contributed by atoms with Crippen LogP contribution in [-0.4, -0.2) is 80.1 Å². The molecule has 0 unspecified atom stereocenters. The quantitative estimate of drug-likeness (QED) is 0.804. The van der Waals surface area contributed by atoms with Gasteiger partial charge in [-0.2, -0.15) is 9.61 Å². The number of amides is 1.